The van der Waals surface area contributed by atoms with Gasteiger partial charge in [-0.1, -0.05) is 26.2 Å². The molecule has 2 aliphatic rings. The number of amides is 2. The second-order valence-electron chi connectivity index (χ2n) is 9.41. The van der Waals surface area contributed by atoms with Crippen LogP contribution in [-0.4, -0.2) is 36.3 Å². The molecule has 1 saturated carbocycles. The molecule has 1 aromatic heterocycles. The Bertz CT molecular complexity index is 913. The molecule has 6 heteroatoms. The van der Waals surface area contributed by atoms with Crippen molar-refractivity contribution in [3.8, 4) is 0 Å². The topological polar surface area (TPSA) is 65.8 Å². The minimum atomic E-state index is 0.0580. The first-order valence-electron chi connectivity index (χ1n) is 12.7. The van der Waals surface area contributed by atoms with Gasteiger partial charge in [0, 0.05) is 31.2 Å². The van der Waals surface area contributed by atoms with Gasteiger partial charge in [0.1, 0.15) is 5.76 Å². The molecule has 0 atom stereocenters. The van der Waals surface area contributed by atoms with Gasteiger partial charge in [-0.05, 0) is 68.9 Å². The lowest BCUT2D eigenvalue weighted by Crippen LogP contribution is -2.37. The van der Waals surface area contributed by atoms with Crippen molar-refractivity contribution in [2.24, 2.45) is 5.92 Å². The van der Waals surface area contributed by atoms with E-state index in [1.54, 1.807) is 6.26 Å². The molecule has 33 heavy (non-hydrogen) atoms. The van der Waals surface area contributed by atoms with E-state index in [0.717, 1.165) is 82.4 Å². The number of likely N-dealkylation sites (tertiary alicyclic amines) is 1. The van der Waals surface area contributed by atoms with Crippen LogP contribution in [0.15, 0.2) is 41.0 Å². The average Bonchev–Trinajstić information content (AvgIpc) is 3.56. The molecule has 2 fully saturated rings. The average molecular weight is 452 g/mol. The van der Waals surface area contributed by atoms with Crippen molar-refractivity contribution < 1.29 is 14.0 Å². The minimum absolute atomic E-state index is 0.0580. The standard InChI is InChI=1S/C27H37N3O3/c1-2-3-15-30(20-23-12-9-18-33-23)25-14-13-22(28-26(31)21-10-5-6-11-21)19-24(25)27(32)29-16-7-4-8-17-29/h9,12-14,18-19,21H,2-8,10-11,15-17,20H2,1H3,(H,28,31). The van der Waals surface area contributed by atoms with Crippen LogP contribution < -0.4 is 10.2 Å². The first-order chi connectivity index (χ1) is 16.2. The SMILES string of the molecule is CCCCN(Cc1ccco1)c1ccc(NC(=O)C2CCCC2)cc1C(=O)N1CCCCC1. The number of nitrogens with zero attached hydrogens (tertiary/aromatic N) is 2. The third-order valence-electron chi connectivity index (χ3n) is 6.91. The number of piperidine rings is 1. The van der Waals surface area contributed by atoms with Crippen LogP contribution in [0.4, 0.5) is 11.4 Å². The van der Waals surface area contributed by atoms with Crippen LogP contribution in [0.3, 0.4) is 0 Å². The fourth-order valence-electron chi connectivity index (χ4n) is 4.98. The Morgan fingerprint density at radius 2 is 1.88 bits per heavy atom. The van der Waals surface area contributed by atoms with E-state index < -0.39 is 0 Å². The Labute approximate surface area is 197 Å². The molecule has 4 rings (SSSR count). The molecule has 1 N–H and O–H groups in total. The third-order valence-corrected chi connectivity index (χ3v) is 6.91. The number of nitrogens with one attached hydrogen (secondary N) is 1. The highest BCUT2D eigenvalue weighted by atomic mass is 16.3. The van der Waals surface area contributed by atoms with Crippen molar-refractivity contribution in [1.82, 2.24) is 4.90 Å². The second kappa shape index (κ2) is 11.4. The summed E-state index contributed by atoms with van der Waals surface area (Å²) in [5, 5.41) is 3.09. The summed E-state index contributed by atoms with van der Waals surface area (Å²) < 4.78 is 5.62. The summed E-state index contributed by atoms with van der Waals surface area (Å²) >= 11 is 0. The summed E-state index contributed by atoms with van der Waals surface area (Å²) in [6, 6.07) is 9.70. The van der Waals surface area contributed by atoms with E-state index in [2.05, 4.69) is 17.1 Å². The Kier molecular flexibility index (Phi) is 8.08. The molecule has 178 valence electrons. The smallest absolute Gasteiger partial charge is 0.256 e. The van der Waals surface area contributed by atoms with Gasteiger partial charge in [0.2, 0.25) is 5.91 Å². The molecule has 0 spiro atoms. The van der Waals surface area contributed by atoms with Gasteiger partial charge in [0.25, 0.3) is 5.91 Å². The number of unbranched alkanes of at least 4 members (excludes halogenated alkanes) is 1. The monoisotopic (exact) mass is 451 g/mol. The molecule has 0 radical (unpaired) electrons. The quantitative estimate of drug-likeness (QED) is 0.520. The van der Waals surface area contributed by atoms with E-state index in [0.29, 0.717) is 17.8 Å². The van der Waals surface area contributed by atoms with Crippen LogP contribution in [0, 0.1) is 5.92 Å². The highest BCUT2D eigenvalue weighted by Gasteiger charge is 2.26. The number of furan rings is 1. The van der Waals surface area contributed by atoms with Gasteiger partial charge in [0.05, 0.1) is 24.1 Å². The second-order valence-corrected chi connectivity index (χ2v) is 9.41. The Morgan fingerprint density at radius 1 is 1.09 bits per heavy atom. The van der Waals surface area contributed by atoms with E-state index >= 15 is 0 Å². The molecule has 6 nitrogen and oxygen atoms in total. The van der Waals surface area contributed by atoms with Crippen molar-refractivity contribution in [2.75, 3.05) is 29.9 Å². The lowest BCUT2D eigenvalue weighted by atomic mass is 10.0. The number of hydrogen-bond acceptors (Lipinski definition) is 4. The van der Waals surface area contributed by atoms with Crippen LogP contribution in [-0.2, 0) is 11.3 Å². The molecule has 1 aliphatic carbocycles. The van der Waals surface area contributed by atoms with Crippen LogP contribution >= 0.6 is 0 Å². The Balaban J connectivity index is 1.64. The van der Waals surface area contributed by atoms with E-state index in [9.17, 15) is 9.59 Å². The van der Waals surface area contributed by atoms with E-state index in [1.165, 1.54) is 6.42 Å². The van der Waals surface area contributed by atoms with Gasteiger partial charge >= 0.3 is 0 Å². The van der Waals surface area contributed by atoms with Crippen molar-refractivity contribution in [2.45, 2.75) is 71.3 Å². The van der Waals surface area contributed by atoms with Crippen LogP contribution in [0.2, 0.25) is 0 Å². The normalized spacial score (nSPS) is 16.7. The van der Waals surface area contributed by atoms with E-state index in [4.69, 9.17) is 4.42 Å². The fourth-order valence-corrected chi connectivity index (χ4v) is 4.98. The molecule has 0 unspecified atom stereocenters. The number of carbonyl (C=O) groups excluding carboxylic acids is 2. The highest BCUT2D eigenvalue weighted by molar-refractivity contribution is 6.02. The van der Waals surface area contributed by atoms with E-state index in [-0.39, 0.29) is 17.7 Å². The zero-order valence-electron chi connectivity index (χ0n) is 19.9. The number of hydrogen-bond donors (Lipinski definition) is 1. The van der Waals surface area contributed by atoms with Gasteiger partial charge in [-0.3, -0.25) is 9.59 Å². The van der Waals surface area contributed by atoms with Gasteiger partial charge < -0.3 is 19.5 Å². The molecule has 2 amide bonds. The number of carbonyl (C=O) groups is 2. The largest absolute Gasteiger partial charge is 0.467 e. The third kappa shape index (κ3) is 5.98. The first-order valence-corrected chi connectivity index (χ1v) is 12.7. The molecular weight excluding hydrogens is 414 g/mol. The summed E-state index contributed by atoms with van der Waals surface area (Å²) in [5.74, 6) is 1.10. The lowest BCUT2D eigenvalue weighted by molar-refractivity contribution is -0.119. The van der Waals surface area contributed by atoms with Crippen molar-refractivity contribution in [3.63, 3.8) is 0 Å². The molecular formula is C27H37N3O3. The zero-order chi connectivity index (χ0) is 23.0. The maximum absolute atomic E-state index is 13.7. The highest BCUT2D eigenvalue weighted by Crippen LogP contribution is 2.30. The maximum Gasteiger partial charge on any atom is 0.256 e. The minimum Gasteiger partial charge on any atom is -0.467 e. The van der Waals surface area contributed by atoms with Crippen molar-refractivity contribution >= 4 is 23.2 Å². The molecule has 0 bridgehead atoms. The van der Waals surface area contributed by atoms with Gasteiger partial charge in [-0.25, -0.2) is 0 Å². The van der Waals surface area contributed by atoms with Crippen molar-refractivity contribution in [3.05, 3.63) is 47.9 Å². The summed E-state index contributed by atoms with van der Waals surface area (Å²) in [6.07, 6.45) is 11.2. The van der Waals surface area contributed by atoms with E-state index in [1.807, 2.05) is 35.2 Å². The predicted octanol–water partition coefficient (Wildman–Crippen LogP) is 5.84. The Morgan fingerprint density at radius 3 is 2.58 bits per heavy atom. The molecule has 2 aromatic rings. The fraction of sp³-hybridized carbons (Fsp3) is 0.556. The van der Waals surface area contributed by atoms with Crippen LogP contribution in [0.1, 0.15) is 80.8 Å². The predicted molar refractivity (Wildman–Crippen MR) is 131 cm³/mol. The Hall–Kier alpha value is -2.76. The van der Waals surface area contributed by atoms with Crippen molar-refractivity contribution in [1.29, 1.82) is 0 Å². The number of rotatable bonds is 9. The molecule has 2 heterocycles. The van der Waals surface area contributed by atoms with Gasteiger partial charge in [-0.2, -0.15) is 0 Å². The molecule has 1 aromatic carbocycles. The number of benzene rings is 1. The molecule has 1 saturated heterocycles. The number of anilines is 2. The van der Waals surface area contributed by atoms with Gasteiger partial charge in [-0.15, -0.1) is 0 Å². The zero-order valence-corrected chi connectivity index (χ0v) is 19.9. The first kappa shape index (κ1) is 23.4. The maximum atomic E-state index is 13.7. The summed E-state index contributed by atoms with van der Waals surface area (Å²) in [5.41, 5.74) is 2.29. The summed E-state index contributed by atoms with van der Waals surface area (Å²) in [4.78, 5) is 30.6. The molecule has 1 aliphatic heterocycles. The lowest BCUT2D eigenvalue weighted by Gasteiger charge is -2.31. The van der Waals surface area contributed by atoms with Crippen LogP contribution in [0.5, 0.6) is 0 Å². The summed E-state index contributed by atoms with van der Waals surface area (Å²) in [6.45, 7) is 5.22. The van der Waals surface area contributed by atoms with Crippen LogP contribution in [0.25, 0.3) is 0 Å². The summed E-state index contributed by atoms with van der Waals surface area (Å²) in [7, 11) is 0. The van der Waals surface area contributed by atoms with Gasteiger partial charge in [0.15, 0.2) is 0 Å².